The molecule has 0 radical (unpaired) electrons. The summed E-state index contributed by atoms with van der Waals surface area (Å²) in [6.45, 7) is 1.54. The Morgan fingerprint density at radius 2 is 1.92 bits per heavy atom. The molecule has 136 valence electrons. The molecule has 0 spiro atoms. The molecule has 0 aliphatic heterocycles. The van der Waals surface area contributed by atoms with Gasteiger partial charge in [-0.15, -0.1) is 0 Å². The molecular weight excluding hydrogens is 343 g/mol. The molecule has 7 nitrogen and oxygen atoms in total. The summed E-state index contributed by atoms with van der Waals surface area (Å²) in [5.74, 6) is -2.44. The smallest absolute Gasteiger partial charge is 0.325 e. The summed E-state index contributed by atoms with van der Waals surface area (Å²) < 4.78 is 18.8. The van der Waals surface area contributed by atoms with Crippen LogP contribution in [0, 0.1) is 22.9 Å². The molecule has 0 atom stereocenters. The minimum atomic E-state index is -1.02. The Morgan fingerprint density at radius 3 is 2.50 bits per heavy atom. The van der Waals surface area contributed by atoms with Gasteiger partial charge < -0.3 is 9.64 Å². The number of benzene rings is 2. The van der Waals surface area contributed by atoms with Crippen molar-refractivity contribution in [2.45, 2.75) is 13.5 Å². The van der Waals surface area contributed by atoms with Crippen LogP contribution in [-0.4, -0.2) is 35.4 Å². The maximum absolute atomic E-state index is 14.2. The summed E-state index contributed by atoms with van der Waals surface area (Å²) >= 11 is 0. The predicted molar refractivity (Wildman–Crippen MR) is 91.0 cm³/mol. The number of ether oxygens (including phenoxy) is 1. The zero-order valence-electron chi connectivity index (χ0n) is 14.3. The van der Waals surface area contributed by atoms with Crippen LogP contribution in [0.4, 0.5) is 10.1 Å². The lowest BCUT2D eigenvalue weighted by Gasteiger charge is -2.22. The van der Waals surface area contributed by atoms with Gasteiger partial charge in [-0.05, 0) is 24.1 Å². The highest BCUT2D eigenvalue weighted by Crippen LogP contribution is 2.20. The summed E-state index contributed by atoms with van der Waals surface area (Å²) in [6, 6.07) is 10.0. The van der Waals surface area contributed by atoms with Crippen molar-refractivity contribution in [2.75, 3.05) is 13.7 Å². The van der Waals surface area contributed by atoms with E-state index in [0.717, 1.165) is 28.2 Å². The van der Waals surface area contributed by atoms with E-state index < -0.39 is 28.3 Å². The predicted octanol–water partition coefficient (Wildman–Crippen LogP) is 2.86. The highest BCUT2D eigenvalue weighted by atomic mass is 19.1. The fraction of sp³-hybridized carbons (Fsp3) is 0.222. The largest absolute Gasteiger partial charge is 0.468 e. The van der Waals surface area contributed by atoms with Crippen LogP contribution in [0.2, 0.25) is 0 Å². The summed E-state index contributed by atoms with van der Waals surface area (Å²) in [5.41, 5.74) is 0.872. The van der Waals surface area contributed by atoms with Crippen LogP contribution in [0.3, 0.4) is 0 Å². The number of nitro groups is 1. The topological polar surface area (TPSA) is 89.8 Å². The fourth-order valence-electron chi connectivity index (χ4n) is 2.37. The Kier molecular flexibility index (Phi) is 6.00. The van der Waals surface area contributed by atoms with Crippen molar-refractivity contribution in [3.05, 3.63) is 75.1 Å². The van der Waals surface area contributed by atoms with E-state index in [4.69, 9.17) is 0 Å². The van der Waals surface area contributed by atoms with Crippen molar-refractivity contribution in [1.82, 2.24) is 4.90 Å². The summed E-state index contributed by atoms with van der Waals surface area (Å²) in [4.78, 5) is 35.5. The van der Waals surface area contributed by atoms with Gasteiger partial charge in [0.1, 0.15) is 12.4 Å². The first kappa shape index (κ1) is 19.0. The standard InChI is InChI=1S/C18H17FN2O5/c1-12-5-3-4-6-13(12)10-20(11-17(22)26-2)18(23)15-8-7-14(21(24)25)9-16(15)19/h3-9H,10-11H2,1-2H3. The minimum Gasteiger partial charge on any atom is -0.468 e. The third-order valence-electron chi connectivity index (χ3n) is 3.85. The van der Waals surface area contributed by atoms with Gasteiger partial charge in [0.05, 0.1) is 23.7 Å². The zero-order chi connectivity index (χ0) is 19.3. The molecule has 0 fully saturated rings. The lowest BCUT2D eigenvalue weighted by molar-refractivity contribution is -0.385. The lowest BCUT2D eigenvalue weighted by Crippen LogP contribution is -2.36. The van der Waals surface area contributed by atoms with E-state index in [1.165, 1.54) is 7.11 Å². The van der Waals surface area contributed by atoms with E-state index in [1.54, 1.807) is 12.1 Å². The Labute approximate surface area is 149 Å². The second-order valence-corrected chi connectivity index (χ2v) is 5.59. The van der Waals surface area contributed by atoms with Crippen LogP contribution in [0.5, 0.6) is 0 Å². The number of carbonyl (C=O) groups is 2. The van der Waals surface area contributed by atoms with Crippen LogP contribution >= 0.6 is 0 Å². The van der Waals surface area contributed by atoms with Crippen LogP contribution in [0.25, 0.3) is 0 Å². The number of hydrogen-bond acceptors (Lipinski definition) is 5. The molecule has 0 unspecified atom stereocenters. The van der Waals surface area contributed by atoms with E-state index in [9.17, 15) is 24.1 Å². The monoisotopic (exact) mass is 360 g/mol. The molecule has 0 aromatic heterocycles. The van der Waals surface area contributed by atoms with Gasteiger partial charge in [0.15, 0.2) is 0 Å². The third-order valence-corrected chi connectivity index (χ3v) is 3.85. The van der Waals surface area contributed by atoms with Crippen molar-refractivity contribution in [2.24, 2.45) is 0 Å². The molecule has 0 saturated heterocycles. The molecule has 2 aromatic carbocycles. The minimum absolute atomic E-state index is 0.0665. The number of amides is 1. The normalized spacial score (nSPS) is 10.3. The number of aryl methyl sites for hydroxylation is 1. The van der Waals surface area contributed by atoms with Gasteiger partial charge in [-0.2, -0.15) is 0 Å². The molecule has 0 aliphatic carbocycles. The summed E-state index contributed by atoms with van der Waals surface area (Å²) in [5, 5.41) is 10.7. The fourth-order valence-corrected chi connectivity index (χ4v) is 2.37. The van der Waals surface area contributed by atoms with Crippen molar-refractivity contribution in [3.8, 4) is 0 Å². The number of nitro benzene ring substituents is 1. The molecule has 26 heavy (non-hydrogen) atoms. The van der Waals surface area contributed by atoms with Gasteiger partial charge in [-0.1, -0.05) is 24.3 Å². The van der Waals surface area contributed by atoms with E-state index in [-0.39, 0.29) is 18.7 Å². The summed E-state index contributed by atoms with van der Waals surface area (Å²) in [7, 11) is 1.19. The average molecular weight is 360 g/mol. The highest BCUT2D eigenvalue weighted by molar-refractivity contribution is 5.96. The molecule has 2 aromatic rings. The maximum Gasteiger partial charge on any atom is 0.325 e. The van der Waals surface area contributed by atoms with Gasteiger partial charge in [0.25, 0.3) is 11.6 Å². The van der Waals surface area contributed by atoms with Crippen LogP contribution in [-0.2, 0) is 16.1 Å². The molecule has 1 amide bonds. The number of esters is 1. The second kappa shape index (κ2) is 8.19. The van der Waals surface area contributed by atoms with Gasteiger partial charge in [0, 0.05) is 12.6 Å². The highest BCUT2D eigenvalue weighted by Gasteiger charge is 2.24. The van der Waals surface area contributed by atoms with E-state index in [2.05, 4.69) is 4.74 Å². The van der Waals surface area contributed by atoms with Crippen LogP contribution < -0.4 is 0 Å². The van der Waals surface area contributed by atoms with Crippen LogP contribution in [0.15, 0.2) is 42.5 Å². The Hall–Kier alpha value is -3.29. The second-order valence-electron chi connectivity index (χ2n) is 5.59. The number of hydrogen-bond donors (Lipinski definition) is 0. The quantitative estimate of drug-likeness (QED) is 0.449. The van der Waals surface area contributed by atoms with E-state index in [0.29, 0.717) is 6.07 Å². The number of carbonyl (C=O) groups excluding carboxylic acids is 2. The molecule has 0 saturated carbocycles. The van der Waals surface area contributed by atoms with Gasteiger partial charge in [0.2, 0.25) is 0 Å². The third kappa shape index (κ3) is 4.41. The first-order valence-corrected chi connectivity index (χ1v) is 7.68. The number of rotatable bonds is 6. The number of methoxy groups -OCH3 is 1. The SMILES string of the molecule is COC(=O)CN(Cc1ccccc1C)C(=O)c1ccc([N+](=O)[O-])cc1F. The first-order chi connectivity index (χ1) is 12.3. The van der Waals surface area contributed by atoms with Crippen molar-refractivity contribution >= 4 is 17.6 Å². The van der Waals surface area contributed by atoms with E-state index in [1.807, 2.05) is 19.1 Å². The van der Waals surface area contributed by atoms with Crippen molar-refractivity contribution in [1.29, 1.82) is 0 Å². The maximum atomic E-state index is 14.2. The van der Waals surface area contributed by atoms with Gasteiger partial charge in [-0.25, -0.2) is 4.39 Å². The van der Waals surface area contributed by atoms with Crippen molar-refractivity contribution < 1.29 is 23.6 Å². The van der Waals surface area contributed by atoms with Gasteiger partial charge >= 0.3 is 5.97 Å². The Bertz CT molecular complexity index is 853. The molecule has 0 bridgehead atoms. The Morgan fingerprint density at radius 1 is 1.23 bits per heavy atom. The zero-order valence-corrected chi connectivity index (χ0v) is 14.3. The summed E-state index contributed by atoms with van der Waals surface area (Å²) in [6.07, 6.45) is 0. The molecule has 0 aliphatic rings. The van der Waals surface area contributed by atoms with E-state index >= 15 is 0 Å². The van der Waals surface area contributed by atoms with Crippen LogP contribution in [0.1, 0.15) is 21.5 Å². The van der Waals surface area contributed by atoms with Crippen molar-refractivity contribution in [3.63, 3.8) is 0 Å². The molecule has 0 heterocycles. The lowest BCUT2D eigenvalue weighted by atomic mass is 10.1. The Balaban J connectivity index is 2.35. The van der Waals surface area contributed by atoms with Gasteiger partial charge in [-0.3, -0.25) is 19.7 Å². The molecule has 8 heteroatoms. The first-order valence-electron chi connectivity index (χ1n) is 7.68. The number of nitrogens with zero attached hydrogens (tertiary/aromatic N) is 2. The molecule has 2 rings (SSSR count). The molecule has 0 N–H and O–H groups in total. The average Bonchev–Trinajstić information content (AvgIpc) is 2.62. The number of non-ortho nitro benzene ring substituents is 1. The number of halogens is 1. The molecular formula is C18H17FN2O5.